The number of nitrogens with one attached hydrogen (secondary N) is 2. The van der Waals surface area contributed by atoms with Crippen LogP contribution in [0.4, 0.5) is 10.1 Å². The van der Waals surface area contributed by atoms with E-state index >= 15 is 0 Å². The van der Waals surface area contributed by atoms with Crippen LogP contribution in [0.1, 0.15) is 40.2 Å². The summed E-state index contributed by atoms with van der Waals surface area (Å²) < 4.78 is 21.2. The Morgan fingerprint density at radius 1 is 1.05 bits per heavy atom. The highest BCUT2D eigenvalue weighted by molar-refractivity contribution is 7.99. The average Bonchev–Trinajstić information content (AvgIpc) is 3.67. The first-order chi connectivity index (χ1) is 20.9. The van der Waals surface area contributed by atoms with Crippen LogP contribution in [0.5, 0.6) is 0 Å². The number of carbonyl (C=O) groups excluding carboxylic acids is 2. The van der Waals surface area contributed by atoms with Crippen molar-refractivity contribution >= 4 is 51.5 Å². The van der Waals surface area contributed by atoms with Crippen molar-refractivity contribution in [3.05, 3.63) is 83.9 Å². The van der Waals surface area contributed by atoms with Gasteiger partial charge in [0.05, 0.1) is 22.3 Å². The molecule has 0 atom stereocenters. The molecule has 0 unspecified atom stereocenters. The molecular weight excluding hydrogens is 565 g/mol. The number of carbonyl (C=O) groups is 2. The predicted octanol–water partition coefficient (Wildman–Crippen LogP) is 6.75. The van der Waals surface area contributed by atoms with Gasteiger partial charge in [0.2, 0.25) is 0 Å². The van der Waals surface area contributed by atoms with Crippen LogP contribution in [0.15, 0.2) is 71.1 Å². The third-order valence-electron chi connectivity index (χ3n) is 7.11. The van der Waals surface area contributed by atoms with E-state index in [1.807, 2.05) is 65.0 Å². The summed E-state index contributed by atoms with van der Waals surface area (Å²) in [7, 11) is 3.53. The van der Waals surface area contributed by atoms with Crippen molar-refractivity contribution in [1.29, 1.82) is 0 Å². The van der Waals surface area contributed by atoms with Gasteiger partial charge < -0.3 is 23.9 Å². The van der Waals surface area contributed by atoms with Crippen LogP contribution < -0.4 is 9.62 Å². The van der Waals surface area contributed by atoms with E-state index in [0.29, 0.717) is 28.3 Å². The topological polar surface area (TPSA) is 94.5 Å². The summed E-state index contributed by atoms with van der Waals surface area (Å²) in [6.45, 7) is 1.71. The molecule has 1 aliphatic heterocycles. The van der Waals surface area contributed by atoms with Gasteiger partial charge in [0.15, 0.2) is 5.82 Å². The van der Waals surface area contributed by atoms with Gasteiger partial charge in [-0.1, -0.05) is 24.1 Å². The first kappa shape index (κ1) is 31.2. The van der Waals surface area contributed by atoms with Crippen molar-refractivity contribution in [3.63, 3.8) is 0 Å². The molecule has 5 aromatic rings. The van der Waals surface area contributed by atoms with Crippen molar-refractivity contribution in [2.75, 3.05) is 37.7 Å². The zero-order valence-corrected chi connectivity index (χ0v) is 25.2. The number of rotatable bonds is 5. The number of aromatic nitrogens is 2. The number of H-pyrrole nitrogens is 1. The van der Waals surface area contributed by atoms with E-state index in [0.717, 1.165) is 48.0 Å². The van der Waals surface area contributed by atoms with E-state index in [1.54, 1.807) is 31.1 Å². The maximum absolute atomic E-state index is 13.2. The van der Waals surface area contributed by atoms with E-state index < -0.39 is 0 Å². The molecule has 10 heteroatoms. The number of terminal acetylenes is 1. The van der Waals surface area contributed by atoms with Gasteiger partial charge in [0.25, 0.3) is 11.8 Å². The standard InChI is InChI=1S/C18H17FN2O2S.C13H15N3O.C2H2/c1-20-18(22)16-14-9-8-13(21(2)24-3)10-15(14)23-17(16)11-4-6-12(19)7-5-11;17-13(16-8-4-1-5-9-16)12-14-10-6-2-3-7-11(10)15-12;1-2/h4-10H,1-3H3,(H,20,22);2-3,6-7H,1,4-5,8-9H2,(H,14,15);1-2H. The first-order valence-electron chi connectivity index (χ1n) is 13.8. The van der Waals surface area contributed by atoms with E-state index in [2.05, 4.69) is 28.1 Å². The lowest BCUT2D eigenvalue weighted by Gasteiger charge is -2.25. The molecule has 0 radical (unpaired) electrons. The van der Waals surface area contributed by atoms with E-state index in [-0.39, 0.29) is 17.6 Å². The molecule has 0 aliphatic carbocycles. The van der Waals surface area contributed by atoms with Crippen molar-refractivity contribution in [2.24, 2.45) is 0 Å². The van der Waals surface area contributed by atoms with Crippen molar-refractivity contribution in [3.8, 4) is 24.2 Å². The molecule has 8 nitrogen and oxygen atoms in total. The Kier molecular flexibility index (Phi) is 10.5. The number of amides is 2. The van der Waals surface area contributed by atoms with Gasteiger partial charge in [-0.3, -0.25) is 9.59 Å². The highest BCUT2D eigenvalue weighted by atomic mass is 32.2. The highest BCUT2D eigenvalue weighted by Gasteiger charge is 2.22. The Hall–Kier alpha value is -4.75. The minimum Gasteiger partial charge on any atom is -0.455 e. The summed E-state index contributed by atoms with van der Waals surface area (Å²) >= 11 is 1.58. The summed E-state index contributed by atoms with van der Waals surface area (Å²) in [6, 6.07) is 19.3. The fraction of sp³-hybridized carbons (Fsp3) is 0.242. The second kappa shape index (κ2) is 14.4. The summed E-state index contributed by atoms with van der Waals surface area (Å²) in [5.41, 5.74) is 4.48. The smallest absolute Gasteiger partial charge is 0.289 e. The number of anilines is 1. The Balaban J connectivity index is 0.000000195. The lowest BCUT2D eigenvalue weighted by Crippen LogP contribution is -2.36. The fourth-order valence-corrected chi connectivity index (χ4v) is 5.17. The van der Waals surface area contributed by atoms with Gasteiger partial charge in [-0.2, -0.15) is 0 Å². The number of para-hydroxylation sites is 2. The number of nitrogens with zero attached hydrogens (tertiary/aromatic N) is 3. The normalized spacial score (nSPS) is 12.6. The molecule has 0 saturated carbocycles. The second-order valence-electron chi connectivity index (χ2n) is 9.71. The molecule has 2 aromatic heterocycles. The minimum absolute atomic E-state index is 0.0286. The summed E-state index contributed by atoms with van der Waals surface area (Å²) in [5.74, 6) is 0.363. The number of aromatic amines is 1. The SMILES string of the molecule is C#C.CNC(=O)c1c(-c2ccc(F)cc2)oc2cc(N(C)SC)ccc12.O=C(c1nc2ccccc2[nH]1)N1CCCCC1. The molecule has 3 aromatic carbocycles. The Bertz CT molecular complexity index is 1690. The Labute approximate surface area is 254 Å². The Morgan fingerprint density at radius 2 is 1.74 bits per heavy atom. The number of fused-ring (bicyclic) bond motifs is 2. The van der Waals surface area contributed by atoms with Gasteiger partial charge in [0, 0.05) is 50.5 Å². The third-order valence-corrected chi connectivity index (χ3v) is 7.87. The van der Waals surface area contributed by atoms with Crippen LogP contribution in [0, 0.1) is 18.7 Å². The van der Waals surface area contributed by atoms with Crippen LogP contribution in [0.25, 0.3) is 33.3 Å². The third kappa shape index (κ3) is 7.01. The van der Waals surface area contributed by atoms with E-state index in [9.17, 15) is 14.0 Å². The molecule has 3 heterocycles. The summed E-state index contributed by atoms with van der Waals surface area (Å²) in [5, 5.41) is 3.37. The molecule has 1 fully saturated rings. The quantitative estimate of drug-likeness (QED) is 0.171. The number of imidazole rings is 1. The molecule has 0 spiro atoms. The molecule has 2 N–H and O–H groups in total. The molecule has 43 heavy (non-hydrogen) atoms. The molecule has 1 aliphatic rings. The number of hydrogen-bond donors (Lipinski definition) is 2. The van der Waals surface area contributed by atoms with Gasteiger partial charge in [-0.15, -0.1) is 12.8 Å². The number of halogens is 1. The largest absolute Gasteiger partial charge is 0.455 e. The van der Waals surface area contributed by atoms with Crippen molar-refractivity contribution in [2.45, 2.75) is 19.3 Å². The van der Waals surface area contributed by atoms with Crippen LogP contribution in [-0.2, 0) is 0 Å². The molecule has 2 amide bonds. The first-order valence-corrected chi connectivity index (χ1v) is 15.0. The van der Waals surface area contributed by atoms with Crippen LogP contribution >= 0.6 is 11.9 Å². The van der Waals surface area contributed by atoms with Crippen LogP contribution in [-0.4, -0.2) is 60.1 Å². The van der Waals surface area contributed by atoms with Gasteiger partial charge >= 0.3 is 0 Å². The zero-order chi connectivity index (χ0) is 30.9. The maximum atomic E-state index is 13.2. The number of piperidine rings is 1. The maximum Gasteiger partial charge on any atom is 0.289 e. The zero-order valence-electron chi connectivity index (χ0n) is 24.4. The Morgan fingerprint density at radius 3 is 2.40 bits per heavy atom. The fourth-order valence-electron chi connectivity index (χ4n) is 4.84. The summed E-state index contributed by atoms with van der Waals surface area (Å²) in [4.78, 5) is 33.9. The molecular formula is C33H34FN5O3S. The van der Waals surface area contributed by atoms with E-state index in [1.165, 1.54) is 18.6 Å². The highest BCUT2D eigenvalue weighted by Crippen LogP contribution is 2.36. The molecule has 6 rings (SSSR count). The lowest BCUT2D eigenvalue weighted by atomic mass is 10.0. The number of hydrogen-bond acceptors (Lipinski definition) is 6. The van der Waals surface area contributed by atoms with Gasteiger partial charge in [-0.25, -0.2) is 9.37 Å². The lowest BCUT2D eigenvalue weighted by molar-refractivity contribution is 0.0713. The monoisotopic (exact) mass is 599 g/mol. The van der Waals surface area contributed by atoms with Crippen LogP contribution in [0.2, 0.25) is 0 Å². The van der Waals surface area contributed by atoms with Gasteiger partial charge in [-0.05, 0) is 67.8 Å². The predicted molar refractivity (Wildman–Crippen MR) is 173 cm³/mol. The van der Waals surface area contributed by atoms with Gasteiger partial charge in [0.1, 0.15) is 17.2 Å². The molecule has 0 bridgehead atoms. The number of likely N-dealkylation sites (tertiary alicyclic amines) is 1. The molecule has 1 saturated heterocycles. The summed E-state index contributed by atoms with van der Waals surface area (Å²) in [6.07, 6.45) is 13.4. The van der Waals surface area contributed by atoms with Crippen molar-refractivity contribution in [1.82, 2.24) is 20.2 Å². The second-order valence-corrected chi connectivity index (χ2v) is 10.6. The number of furan rings is 1. The van der Waals surface area contributed by atoms with E-state index in [4.69, 9.17) is 4.42 Å². The van der Waals surface area contributed by atoms with Crippen molar-refractivity contribution < 1.29 is 18.4 Å². The average molecular weight is 600 g/mol. The number of benzene rings is 3. The minimum atomic E-state index is -0.333. The molecule has 222 valence electrons. The van der Waals surface area contributed by atoms with Crippen LogP contribution in [0.3, 0.4) is 0 Å².